The highest BCUT2D eigenvalue weighted by atomic mass is 35.5. The third-order valence-corrected chi connectivity index (χ3v) is 3.23. The molecule has 0 aliphatic carbocycles. The van der Waals surface area contributed by atoms with Crippen LogP contribution in [0.4, 0.5) is 0 Å². The molecule has 0 radical (unpaired) electrons. The first-order valence-corrected chi connectivity index (χ1v) is 5.88. The highest BCUT2D eigenvalue weighted by Crippen LogP contribution is 2.23. The van der Waals surface area contributed by atoms with E-state index in [9.17, 15) is 9.59 Å². The molecule has 0 atom stereocenters. The molecule has 0 unspecified atom stereocenters. The van der Waals surface area contributed by atoms with E-state index in [1.54, 1.807) is 45.2 Å². The number of rotatable bonds is 4. The van der Waals surface area contributed by atoms with Crippen LogP contribution in [0.5, 0.6) is 0 Å². The molecule has 1 rings (SSSR count). The largest absolute Gasteiger partial charge is 0.481 e. The van der Waals surface area contributed by atoms with Gasteiger partial charge in [0.15, 0.2) is 0 Å². The summed E-state index contributed by atoms with van der Waals surface area (Å²) in [5, 5.41) is 9.20. The van der Waals surface area contributed by atoms with Gasteiger partial charge in [0, 0.05) is 12.6 Å². The predicted octanol–water partition coefficient (Wildman–Crippen LogP) is 2.67. The van der Waals surface area contributed by atoms with E-state index < -0.39 is 11.5 Å². The molecule has 98 valence electrons. The molecule has 0 aliphatic heterocycles. The van der Waals surface area contributed by atoms with Crippen LogP contribution in [0, 0.1) is 0 Å². The average molecular weight is 270 g/mol. The fraction of sp³-hybridized carbons (Fsp3) is 0.385. The second kappa shape index (κ2) is 5.40. The van der Waals surface area contributed by atoms with Gasteiger partial charge in [-0.05, 0) is 26.0 Å². The lowest BCUT2D eigenvalue weighted by Crippen LogP contribution is -2.46. The molecule has 0 fully saturated rings. The van der Waals surface area contributed by atoms with Gasteiger partial charge in [0.1, 0.15) is 0 Å². The lowest BCUT2D eigenvalue weighted by atomic mass is 9.97. The van der Waals surface area contributed by atoms with Crippen molar-refractivity contribution < 1.29 is 14.7 Å². The van der Waals surface area contributed by atoms with Crippen LogP contribution < -0.4 is 0 Å². The molecule has 4 nitrogen and oxygen atoms in total. The monoisotopic (exact) mass is 269 g/mol. The number of hydrogen-bond donors (Lipinski definition) is 1. The Morgan fingerprint density at radius 3 is 2.39 bits per heavy atom. The maximum absolute atomic E-state index is 12.2. The van der Waals surface area contributed by atoms with Crippen LogP contribution in [-0.4, -0.2) is 34.5 Å². The predicted molar refractivity (Wildman–Crippen MR) is 69.9 cm³/mol. The van der Waals surface area contributed by atoms with Gasteiger partial charge in [-0.2, -0.15) is 0 Å². The number of hydrogen-bond acceptors (Lipinski definition) is 2. The molecule has 0 bridgehead atoms. The first-order chi connectivity index (χ1) is 8.25. The summed E-state index contributed by atoms with van der Waals surface area (Å²) in [5.41, 5.74) is -0.401. The van der Waals surface area contributed by atoms with Crippen molar-refractivity contribution >= 4 is 23.5 Å². The Labute approximate surface area is 111 Å². The molecular formula is C13H16ClNO3. The number of halogens is 1. The van der Waals surface area contributed by atoms with Gasteiger partial charge in [-0.25, -0.2) is 0 Å². The summed E-state index contributed by atoms with van der Waals surface area (Å²) in [5.74, 6) is -1.23. The molecule has 1 amide bonds. The third-order valence-electron chi connectivity index (χ3n) is 2.90. The van der Waals surface area contributed by atoms with Crippen LogP contribution in [0.25, 0.3) is 0 Å². The second-order valence-electron chi connectivity index (χ2n) is 4.73. The Kier molecular flexibility index (Phi) is 4.35. The summed E-state index contributed by atoms with van der Waals surface area (Å²) in [6.45, 7) is 3.41. The minimum Gasteiger partial charge on any atom is -0.481 e. The van der Waals surface area contributed by atoms with Gasteiger partial charge in [0.2, 0.25) is 0 Å². The number of benzene rings is 1. The quantitative estimate of drug-likeness (QED) is 0.914. The van der Waals surface area contributed by atoms with Crippen molar-refractivity contribution in [3.63, 3.8) is 0 Å². The van der Waals surface area contributed by atoms with Crippen molar-refractivity contribution in [2.24, 2.45) is 0 Å². The van der Waals surface area contributed by atoms with Crippen molar-refractivity contribution in [3.05, 3.63) is 34.9 Å². The first-order valence-electron chi connectivity index (χ1n) is 5.50. The minimum absolute atomic E-state index is 0.125. The topological polar surface area (TPSA) is 57.6 Å². The molecule has 1 N–H and O–H groups in total. The Bertz CT molecular complexity index is 471. The second-order valence-corrected chi connectivity index (χ2v) is 5.13. The number of nitrogens with zero attached hydrogens (tertiary/aromatic N) is 1. The molecule has 18 heavy (non-hydrogen) atoms. The average Bonchev–Trinajstić information content (AvgIpc) is 2.26. The maximum Gasteiger partial charge on any atom is 0.305 e. The smallest absolute Gasteiger partial charge is 0.305 e. The van der Waals surface area contributed by atoms with Crippen molar-refractivity contribution in [1.82, 2.24) is 4.90 Å². The van der Waals surface area contributed by atoms with Gasteiger partial charge in [-0.3, -0.25) is 9.59 Å². The van der Waals surface area contributed by atoms with E-state index in [-0.39, 0.29) is 12.3 Å². The number of carboxylic acid groups (broad SMARTS) is 1. The zero-order valence-corrected chi connectivity index (χ0v) is 11.4. The van der Waals surface area contributed by atoms with E-state index in [1.165, 1.54) is 4.90 Å². The Balaban J connectivity index is 2.97. The standard InChI is InChI=1S/C13H16ClNO3/c1-13(2,8-11(16)17)15(3)12(18)9-6-4-5-7-10(9)14/h4-7H,8H2,1-3H3,(H,16,17). The van der Waals surface area contributed by atoms with Gasteiger partial charge in [-0.15, -0.1) is 0 Å². The van der Waals surface area contributed by atoms with E-state index >= 15 is 0 Å². The molecule has 0 spiro atoms. The first kappa shape index (κ1) is 14.5. The molecule has 0 saturated carbocycles. The van der Waals surface area contributed by atoms with Crippen LogP contribution in [-0.2, 0) is 4.79 Å². The van der Waals surface area contributed by atoms with Gasteiger partial charge in [0.05, 0.1) is 17.0 Å². The van der Waals surface area contributed by atoms with Gasteiger partial charge < -0.3 is 10.0 Å². The zero-order chi connectivity index (χ0) is 13.9. The minimum atomic E-state index is -0.946. The Morgan fingerprint density at radius 2 is 1.89 bits per heavy atom. The summed E-state index contributed by atoms with van der Waals surface area (Å²) >= 11 is 5.96. The number of carbonyl (C=O) groups is 2. The molecule has 0 heterocycles. The lowest BCUT2D eigenvalue weighted by Gasteiger charge is -2.34. The fourth-order valence-corrected chi connectivity index (χ4v) is 1.80. The summed E-state index contributed by atoms with van der Waals surface area (Å²) in [6.07, 6.45) is -0.125. The van der Waals surface area contributed by atoms with Crippen LogP contribution in [0.1, 0.15) is 30.6 Å². The van der Waals surface area contributed by atoms with Gasteiger partial charge >= 0.3 is 5.97 Å². The van der Waals surface area contributed by atoms with E-state index in [0.717, 1.165) is 0 Å². The summed E-state index contributed by atoms with van der Waals surface area (Å²) in [6, 6.07) is 6.71. The molecule has 0 saturated heterocycles. The van der Waals surface area contributed by atoms with Gasteiger partial charge in [0.25, 0.3) is 5.91 Å². The third kappa shape index (κ3) is 3.23. The lowest BCUT2D eigenvalue weighted by molar-refractivity contribution is -0.139. The normalized spacial score (nSPS) is 11.1. The highest BCUT2D eigenvalue weighted by molar-refractivity contribution is 6.33. The summed E-state index contributed by atoms with van der Waals surface area (Å²) in [4.78, 5) is 24.4. The van der Waals surface area contributed by atoms with Gasteiger partial charge in [-0.1, -0.05) is 23.7 Å². The van der Waals surface area contributed by atoms with E-state index in [0.29, 0.717) is 10.6 Å². The van der Waals surface area contributed by atoms with Crippen molar-refractivity contribution in [1.29, 1.82) is 0 Å². The molecular weight excluding hydrogens is 254 g/mol. The van der Waals surface area contributed by atoms with Crippen LogP contribution in [0.15, 0.2) is 24.3 Å². The molecule has 0 aliphatic rings. The Morgan fingerprint density at radius 1 is 1.33 bits per heavy atom. The SMILES string of the molecule is CN(C(=O)c1ccccc1Cl)C(C)(C)CC(=O)O. The number of carboxylic acids is 1. The van der Waals surface area contributed by atoms with Crippen LogP contribution in [0.2, 0.25) is 5.02 Å². The molecule has 0 aromatic heterocycles. The molecule has 1 aromatic carbocycles. The van der Waals surface area contributed by atoms with Crippen LogP contribution in [0.3, 0.4) is 0 Å². The number of aliphatic carboxylic acids is 1. The van der Waals surface area contributed by atoms with E-state index in [2.05, 4.69) is 0 Å². The Hall–Kier alpha value is -1.55. The summed E-state index contributed by atoms with van der Waals surface area (Å²) in [7, 11) is 1.58. The highest BCUT2D eigenvalue weighted by Gasteiger charge is 2.31. The van der Waals surface area contributed by atoms with E-state index in [1.807, 2.05) is 0 Å². The van der Waals surface area contributed by atoms with Crippen molar-refractivity contribution in [3.8, 4) is 0 Å². The maximum atomic E-state index is 12.2. The fourth-order valence-electron chi connectivity index (χ4n) is 1.58. The number of carbonyl (C=O) groups excluding carboxylic acids is 1. The van der Waals surface area contributed by atoms with Crippen molar-refractivity contribution in [2.45, 2.75) is 25.8 Å². The zero-order valence-electron chi connectivity index (χ0n) is 10.6. The van der Waals surface area contributed by atoms with Crippen LogP contribution >= 0.6 is 11.6 Å². The summed E-state index contributed by atoms with van der Waals surface area (Å²) < 4.78 is 0. The number of amides is 1. The van der Waals surface area contributed by atoms with Crippen molar-refractivity contribution in [2.75, 3.05) is 7.05 Å². The molecule has 1 aromatic rings. The molecule has 5 heteroatoms. The van der Waals surface area contributed by atoms with E-state index in [4.69, 9.17) is 16.7 Å².